The molecular weight excluding hydrogens is 826 g/mol. The van der Waals surface area contributed by atoms with E-state index in [1.807, 2.05) is 78.9 Å². The van der Waals surface area contributed by atoms with Gasteiger partial charge in [0.2, 0.25) is 5.84 Å². The third-order valence-corrected chi connectivity index (χ3v) is 12.1. The van der Waals surface area contributed by atoms with E-state index in [0.717, 1.165) is 16.7 Å². The first-order valence-corrected chi connectivity index (χ1v) is 24.1. The van der Waals surface area contributed by atoms with E-state index in [0.29, 0.717) is 17.1 Å². The van der Waals surface area contributed by atoms with Crippen LogP contribution in [0.1, 0.15) is 71.8 Å². The smallest absolute Gasteiger partial charge is 0.351 e. The first-order valence-electron chi connectivity index (χ1n) is 21.0. The van der Waals surface area contributed by atoms with Crippen molar-refractivity contribution in [2.24, 2.45) is 0 Å². The predicted octanol–water partition coefficient (Wildman–Crippen LogP) is 6.46. The maximum atomic E-state index is 13.3. The van der Waals surface area contributed by atoms with E-state index in [1.165, 1.54) is 81.1 Å². The van der Waals surface area contributed by atoms with Crippen LogP contribution in [-0.2, 0) is 31.4 Å². The first kappa shape index (κ1) is 44.8. The van der Waals surface area contributed by atoms with E-state index in [4.69, 9.17) is 35.3 Å². The summed E-state index contributed by atoms with van der Waals surface area (Å²) in [6.45, 7) is 1.68. The van der Waals surface area contributed by atoms with Gasteiger partial charge in [-0.3, -0.25) is 19.3 Å². The van der Waals surface area contributed by atoms with E-state index >= 15 is 0 Å². The molecule has 4 aromatic carbocycles. The van der Waals surface area contributed by atoms with Gasteiger partial charge in [0, 0.05) is 31.0 Å². The minimum absolute atomic E-state index is 0.0448. The summed E-state index contributed by atoms with van der Waals surface area (Å²) in [6.07, 6.45) is 6.02. The molecule has 3 aliphatic heterocycles. The summed E-state index contributed by atoms with van der Waals surface area (Å²) >= 11 is 5.18. The van der Waals surface area contributed by atoms with Crippen molar-refractivity contribution in [2.45, 2.75) is 62.6 Å². The molecule has 4 atom stereocenters. The lowest BCUT2D eigenvalue weighted by molar-refractivity contribution is -0.534. The molecule has 0 bridgehead atoms. The van der Waals surface area contributed by atoms with Crippen LogP contribution in [0, 0.1) is 0 Å². The number of carbonyl (C=O) groups excluding carboxylic acids is 1. The minimum Gasteiger partial charge on any atom is -0.801 e. The number of aromatic nitrogens is 2. The van der Waals surface area contributed by atoms with Crippen molar-refractivity contribution in [3.8, 4) is 11.5 Å². The van der Waals surface area contributed by atoms with Crippen LogP contribution in [0.15, 0.2) is 126 Å². The second kappa shape index (κ2) is 20.8. The van der Waals surface area contributed by atoms with Crippen molar-refractivity contribution in [1.82, 2.24) is 14.9 Å². The molecule has 15 heteroatoms. The molecule has 13 nitrogen and oxygen atoms in total. The third-order valence-electron chi connectivity index (χ3n) is 11.2. The van der Waals surface area contributed by atoms with Crippen LogP contribution in [0.5, 0.6) is 11.5 Å². The maximum absolute atomic E-state index is 13.3. The lowest BCUT2D eigenvalue weighted by atomic mass is 9.80. The highest BCUT2D eigenvalue weighted by molar-refractivity contribution is 8.08. The van der Waals surface area contributed by atoms with Crippen molar-refractivity contribution in [2.75, 3.05) is 52.4 Å². The number of hydrogen-bond donors (Lipinski definition) is 2. The Labute approximate surface area is 367 Å². The fourth-order valence-corrected chi connectivity index (χ4v) is 9.20. The Bertz CT molecular complexity index is 2330. The number of nitrogens with zero attached hydrogens (tertiary/aromatic N) is 3. The number of rotatable bonds is 13. The van der Waals surface area contributed by atoms with Crippen LogP contribution >= 0.6 is 6.49 Å². The normalized spacial score (nSPS) is 19.7. The van der Waals surface area contributed by atoms with Gasteiger partial charge in [-0.2, -0.15) is 4.98 Å². The predicted molar refractivity (Wildman–Crippen MR) is 241 cm³/mol. The number of amidine groups is 1. The summed E-state index contributed by atoms with van der Waals surface area (Å²) < 4.78 is 34.1. The molecule has 8 rings (SSSR count). The van der Waals surface area contributed by atoms with Gasteiger partial charge in [-0.1, -0.05) is 84.6 Å². The zero-order valence-electron chi connectivity index (χ0n) is 35.3. The lowest BCUT2D eigenvalue weighted by Crippen LogP contribution is -2.40. The van der Waals surface area contributed by atoms with Gasteiger partial charge in [-0.25, -0.2) is 4.79 Å². The van der Waals surface area contributed by atoms with Crippen molar-refractivity contribution in [1.29, 1.82) is 0 Å². The molecule has 3 aliphatic rings. The molecule has 5 aromatic rings. The molecular formula is C47H54N5O8PS. The van der Waals surface area contributed by atoms with Crippen molar-refractivity contribution < 1.29 is 37.7 Å². The molecule has 4 heterocycles. The highest BCUT2D eigenvalue weighted by atomic mass is 32.5. The minimum atomic E-state index is -3.42. The number of hydrogen-bond acceptors (Lipinski definition) is 11. The van der Waals surface area contributed by atoms with Crippen molar-refractivity contribution in [3.63, 3.8) is 0 Å². The van der Waals surface area contributed by atoms with Gasteiger partial charge in [-0.05, 0) is 91.6 Å². The standard InChI is InChI=1S/C38H38N3O8PS.C9H16N2/c1-45-30-18-14-28(15-19-30)38(27-12-8-5-9-13-27,29-16-20-31(46-2)21-17-29)47-25-33-32(49-50(3,44)51)24-35(48-33)41-23-22-34(40-37(41)43)39-36(42)26-10-6-4-7-11-26;1-2-5-9-10-6-4-8-11(9)7-3-1/h4-23,32-33,35H,24-25H2,1-3H3,(H,44,51)(H,39,40,42,43);1-8H2/t32-,33+,35+,50?;/m0./s1. The van der Waals surface area contributed by atoms with Crippen LogP contribution in [0.25, 0.3) is 0 Å². The van der Waals surface area contributed by atoms with E-state index in [1.54, 1.807) is 44.6 Å². The van der Waals surface area contributed by atoms with E-state index in [2.05, 4.69) is 20.2 Å². The summed E-state index contributed by atoms with van der Waals surface area (Å²) in [5.41, 5.74) is 1.07. The summed E-state index contributed by atoms with van der Waals surface area (Å²) in [4.78, 5) is 42.8. The Morgan fingerprint density at radius 2 is 1.50 bits per heavy atom. The number of methoxy groups -OCH3 is 2. The Kier molecular flexibility index (Phi) is 15.0. The van der Waals surface area contributed by atoms with E-state index in [9.17, 15) is 14.5 Å². The zero-order chi connectivity index (χ0) is 43.5. The number of anilines is 1. The summed E-state index contributed by atoms with van der Waals surface area (Å²) in [5, 5.41) is 6.15. The van der Waals surface area contributed by atoms with Crippen molar-refractivity contribution >= 4 is 35.9 Å². The number of benzene rings is 4. The van der Waals surface area contributed by atoms with Gasteiger partial charge >= 0.3 is 5.69 Å². The maximum Gasteiger partial charge on any atom is 0.351 e. The molecule has 2 N–H and O–H groups in total. The monoisotopic (exact) mass is 879 g/mol. The molecule has 1 saturated heterocycles. The van der Waals surface area contributed by atoms with E-state index in [-0.39, 0.29) is 18.8 Å². The topological polar surface area (TPSA) is 148 Å². The third kappa shape index (κ3) is 11.0. The van der Waals surface area contributed by atoms with Crippen LogP contribution in [0.4, 0.5) is 5.82 Å². The van der Waals surface area contributed by atoms with Crippen LogP contribution < -0.4 is 30.7 Å². The summed E-state index contributed by atoms with van der Waals surface area (Å²) in [7, 11) is 3.21. The van der Waals surface area contributed by atoms with Gasteiger partial charge in [0.1, 0.15) is 35.2 Å². The molecule has 0 spiro atoms. The number of carbonyl (C=O) groups is 1. The lowest BCUT2D eigenvalue weighted by Gasteiger charge is -2.38. The largest absolute Gasteiger partial charge is 0.801 e. The van der Waals surface area contributed by atoms with Gasteiger partial charge in [-0.15, -0.1) is 0 Å². The zero-order valence-corrected chi connectivity index (χ0v) is 37.0. The molecule has 1 aromatic heterocycles. The molecule has 0 aliphatic carbocycles. The molecule has 1 amide bonds. The average Bonchev–Trinajstić information content (AvgIpc) is 3.51. The highest BCUT2D eigenvalue weighted by Gasteiger charge is 2.43. The first-order chi connectivity index (χ1) is 30.1. The Balaban J connectivity index is 0.000000453. The van der Waals surface area contributed by atoms with Crippen molar-refractivity contribution in [3.05, 3.63) is 154 Å². The fraction of sp³-hybridized carbons (Fsp3) is 0.362. The summed E-state index contributed by atoms with van der Waals surface area (Å²) in [6, 6.07) is 35.1. The number of ether oxygens (including phenoxy) is 4. The van der Waals surface area contributed by atoms with Crippen LogP contribution in [-0.4, -0.2) is 85.2 Å². The second-order valence-corrected chi connectivity index (χ2v) is 19.2. The Morgan fingerprint density at radius 1 is 0.887 bits per heavy atom. The molecule has 0 radical (unpaired) electrons. The highest BCUT2D eigenvalue weighted by Crippen LogP contribution is 2.45. The van der Waals surface area contributed by atoms with E-state index < -0.39 is 42.1 Å². The molecule has 1 fully saturated rings. The molecule has 62 heavy (non-hydrogen) atoms. The van der Waals surface area contributed by atoms with Crippen LogP contribution in [0.3, 0.4) is 0 Å². The van der Waals surface area contributed by atoms with Gasteiger partial charge < -0.3 is 33.7 Å². The summed E-state index contributed by atoms with van der Waals surface area (Å²) in [5.74, 6) is 2.57. The quantitative estimate of drug-likeness (QED) is 0.0764. The average molecular weight is 880 g/mol. The number of nitrogens with one attached hydrogen (secondary N) is 2. The molecule has 0 saturated carbocycles. The van der Waals surface area contributed by atoms with Crippen LogP contribution in [0.2, 0.25) is 0 Å². The Hall–Kier alpha value is -5.21. The van der Waals surface area contributed by atoms with Gasteiger partial charge in [0.25, 0.3) is 5.91 Å². The molecule has 1 unspecified atom stereocenters. The number of amides is 1. The fourth-order valence-electron chi connectivity index (χ4n) is 8.15. The SMILES string of the molecule is C1CCC2=[N+](CC1)CCCN2.COc1ccc(C(OC[C@H]2O[C@@H](n3ccc(NC(=O)c4ccccc4)nc3=O)C[C@@H]2OP(C)([O-])=S)(c2ccccc2)c2ccc(OC)cc2)cc1. The Morgan fingerprint density at radius 3 is 2.11 bits per heavy atom. The van der Waals surface area contributed by atoms with Gasteiger partial charge in [0.15, 0.2) is 0 Å². The second-order valence-electron chi connectivity index (χ2n) is 15.4. The molecule has 326 valence electrons. The van der Waals surface area contributed by atoms with Gasteiger partial charge in [0.05, 0.1) is 46.6 Å².